The second-order valence-corrected chi connectivity index (χ2v) is 2.52. The first-order chi connectivity index (χ1) is 5.62. The van der Waals surface area contributed by atoms with Crippen molar-refractivity contribution in [3.8, 4) is 6.07 Å². The molecular weight excluding hydrogens is 214 g/mol. The second kappa shape index (κ2) is 5.72. The van der Waals surface area contributed by atoms with Gasteiger partial charge in [-0.2, -0.15) is 9.79 Å². The molecule has 0 aliphatic heterocycles. The first-order valence-electron chi connectivity index (χ1n) is 2.46. The van der Waals surface area contributed by atoms with Crippen molar-refractivity contribution in [1.82, 2.24) is 0 Å². The largest absolute Gasteiger partial charge is 0.531 e. The number of rotatable bonds is 1. The first-order valence-corrected chi connectivity index (χ1v) is 3.99. The number of phosphoric acid groups is 1. The quantitative estimate of drug-likeness (QED) is 0.512. The molecule has 0 aromatic heterocycles. The van der Waals surface area contributed by atoms with Gasteiger partial charge in [0.05, 0.1) is 6.07 Å². The van der Waals surface area contributed by atoms with E-state index in [-0.39, 0.29) is 0 Å². The summed E-state index contributed by atoms with van der Waals surface area (Å²) < 4.78 is 44.2. The van der Waals surface area contributed by atoms with Crippen molar-refractivity contribution in [3.05, 3.63) is 12.7 Å². The maximum Gasteiger partial charge on any atom is 0.531 e. The molecule has 0 heterocycles. The van der Waals surface area contributed by atoms with Crippen LogP contribution in [0.2, 0.25) is 0 Å². The summed E-state index contributed by atoms with van der Waals surface area (Å²) >= 11 is 0. The third-order valence-electron chi connectivity index (χ3n) is 0.314. The van der Waals surface area contributed by atoms with Crippen LogP contribution in [-0.2, 0) is 9.09 Å². The Bertz CT molecular complexity index is 239. The second-order valence-electron chi connectivity index (χ2n) is 1.36. The van der Waals surface area contributed by atoms with Gasteiger partial charge in [-0.1, -0.05) is 6.58 Å². The normalized spacial score (nSPS) is 10.8. The highest BCUT2D eigenvalue weighted by Crippen LogP contribution is 2.42. The summed E-state index contributed by atoms with van der Waals surface area (Å²) in [5.74, 6) is 0. The maximum atomic E-state index is 10.8. The number of allylic oxidation sites excluding steroid dienone is 1. The Hall–Kier alpha value is -0.870. The summed E-state index contributed by atoms with van der Waals surface area (Å²) in [6.45, 7) is 3.12. The van der Waals surface area contributed by atoms with Gasteiger partial charge in [0.1, 0.15) is 0 Å². The van der Waals surface area contributed by atoms with Crippen LogP contribution in [0, 0.1) is 11.3 Å². The van der Waals surface area contributed by atoms with Gasteiger partial charge in [-0.05, 0) is 0 Å². The summed E-state index contributed by atoms with van der Waals surface area (Å²) in [4.78, 5) is 15.0. The molecule has 0 atom stereocenters. The lowest BCUT2D eigenvalue weighted by atomic mass is 10.8. The Kier molecular flexibility index (Phi) is 6.44. The van der Waals surface area contributed by atoms with Gasteiger partial charge in [0.15, 0.2) is 0 Å². The number of halogens is 3. The Morgan fingerprint density at radius 3 is 1.85 bits per heavy atom. The molecule has 9 heteroatoms. The van der Waals surface area contributed by atoms with Crippen LogP contribution in [0.15, 0.2) is 12.7 Å². The van der Waals surface area contributed by atoms with E-state index < -0.39 is 14.2 Å². The lowest BCUT2D eigenvalue weighted by Gasteiger charge is -2.06. The van der Waals surface area contributed by atoms with Crippen LogP contribution in [0.5, 0.6) is 0 Å². The number of nitrogens with zero attached hydrogens (tertiary/aromatic N) is 1. The van der Waals surface area contributed by atoms with Gasteiger partial charge in [0.25, 0.3) is 0 Å². The Morgan fingerprint density at radius 2 is 1.85 bits per heavy atom. The standard InChI is InChI=1S/C3H3N.CH2F3O4P/c1-2-3-4;2-1(3,4)8-9(5,6)7/h2H,1H2;(H2,5,6,7). The molecule has 2 N–H and O–H groups in total. The highest BCUT2D eigenvalue weighted by molar-refractivity contribution is 7.46. The van der Waals surface area contributed by atoms with Crippen molar-refractivity contribution in [2.45, 2.75) is 6.36 Å². The van der Waals surface area contributed by atoms with Gasteiger partial charge in [0.2, 0.25) is 0 Å². The molecule has 0 bridgehead atoms. The van der Waals surface area contributed by atoms with Gasteiger partial charge >= 0.3 is 14.2 Å². The molecule has 0 aromatic rings. The van der Waals surface area contributed by atoms with Crippen molar-refractivity contribution in [1.29, 1.82) is 5.26 Å². The van der Waals surface area contributed by atoms with Crippen molar-refractivity contribution >= 4 is 7.82 Å². The zero-order valence-corrected chi connectivity index (χ0v) is 6.92. The maximum absolute atomic E-state index is 10.8. The van der Waals surface area contributed by atoms with Gasteiger partial charge < -0.3 is 9.79 Å². The molecule has 0 aromatic carbocycles. The molecule has 5 nitrogen and oxygen atoms in total. The third kappa shape index (κ3) is 24.7. The predicted molar refractivity (Wildman–Crippen MR) is 35.0 cm³/mol. The van der Waals surface area contributed by atoms with E-state index in [1.54, 1.807) is 6.07 Å². The van der Waals surface area contributed by atoms with Crippen LogP contribution in [0.25, 0.3) is 0 Å². The number of phosphoric ester groups is 1. The fourth-order valence-corrected chi connectivity index (χ4v) is 0.405. The highest BCUT2D eigenvalue weighted by Gasteiger charge is 2.38. The fraction of sp³-hybridized carbons (Fsp3) is 0.250. The van der Waals surface area contributed by atoms with Crippen LogP contribution < -0.4 is 0 Å². The lowest BCUT2D eigenvalue weighted by Crippen LogP contribution is -2.10. The van der Waals surface area contributed by atoms with E-state index in [1.165, 1.54) is 6.08 Å². The molecule has 0 amide bonds. The van der Waals surface area contributed by atoms with Gasteiger partial charge in [-0.25, -0.2) is 4.57 Å². The molecule has 0 aliphatic carbocycles. The zero-order valence-electron chi connectivity index (χ0n) is 6.02. The molecule has 0 saturated carbocycles. The van der Waals surface area contributed by atoms with Crippen LogP contribution in [0.3, 0.4) is 0 Å². The van der Waals surface area contributed by atoms with E-state index >= 15 is 0 Å². The molecule has 0 spiro atoms. The molecule has 0 radical (unpaired) electrons. The van der Waals surface area contributed by atoms with Crippen LogP contribution in [0.4, 0.5) is 13.2 Å². The van der Waals surface area contributed by atoms with Gasteiger partial charge in [-0.3, -0.25) is 0 Å². The third-order valence-corrected chi connectivity index (χ3v) is 0.759. The number of hydrogen-bond acceptors (Lipinski definition) is 3. The van der Waals surface area contributed by atoms with Crippen molar-refractivity contribution in [3.63, 3.8) is 0 Å². The average molecular weight is 219 g/mol. The molecule has 13 heavy (non-hydrogen) atoms. The van der Waals surface area contributed by atoms with Gasteiger partial charge in [0, 0.05) is 6.08 Å². The zero-order chi connectivity index (χ0) is 11.1. The fourth-order valence-electron chi connectivity index (χ4n) is 0.135. The Morgan fingerprint density at radius 1 is 1.54 bits per heavy atom. The van der Waals surface area contributed by atoms with Crippen LogP contribution in [0.1, 0.15) is 0 Å². The molecule has 0 saturated heterocycles. The van der Waals surface area contributed by atoms with Crippen LogP contribution >= 0.6 is 7.82 Å². The summed E-state index contributed by atoms with van der Waals surface area (Å²) in [7, 11) is -5.41. The highest BCUT2D eigenvalue weighted by atomic mass is 31.2. The van der Waals surface area contributed by atoms with E-state index in [4.69, 9.17) is 15.0 Å². The number of alkyl halides is 3. The van der Waals surface area contributed by atoms with Crippen molar-refractivity contribution < 1.29 is 32.0 Å². The lowest BCUT2D eigenvalue weighted by molar-refractivity contribution is -0.281. The molecular formula is C4H5F3NO4P. The first kappa shape index (κ1) is 14.6. The minimum atomic E-state index is -5.41. The smallest absolute Gasteiger partial charge is 0.302 e. The van der Waals surface area contributed by atoms with E-state index in [1.807, 2.05) is 0 Å². The minimum absolute atomic E-state index is 1.18. The van der Waals surface area contributed by atoms with E-state index in [9.17, 15) is 17.7 Å². The Balaban J connectivity index is 0. The molecule has 0 rings (SSSR count). The van der Waals surface area contributed by atoms with Crippen molar-refractivity contribution in [2.75, 3.05) is 0 Å². The average Bonchev–Trinajstić information content (AvgIpc) is 1.80. The number of hydrogen-bond donors (Lipinski definition) is 2. The SMILES string of the molecule is C=CC#N.O=P(O)(O)OC(F)(F)F. The minimum Gasteiger partial charge on any atom is -0.302 e. The number of nitriles is 1. The molecule has 0 unspecified atom stereocenters. The molecule has 0 fully saturated rings. The molecule has 0 aliphatic rings. The topological polar surface area (TPSA) is 90.6 Å². The van der Waals surface area contributed by atoms with Crippen molar-refractivity contribution in [2.24, 2.45) is 0 Å². The Labute approximate surface area is 71.3 Å². The monoisotopic (exact) mass is 219 g/mol. The van der Waals surface area contributed by atoms with E-state index in [2.05, 4.69) is 11.1 Å². The summed E-state index contributed by atoms with van der Waals surface area (Å²) in [5, 5.41) is 7.51. The molecule has 76 valence electrons. The predicted octanol–water partition coefficient (Wildman–Crippen LogP) is 1.31. The summed E-state index contributed by atoms with van der Waals surface area (Å²) in [6.07, 6.45) is -4.10. The van der Waals surface area contributed by atoms with E-state index in [0.717, 1.165) is 0 Å². The van der Waals surface area contributed by atoms with Gasteiger partial charge in [-0.15, -0.1) is 13.2 Å². The summed E-state index contributed by atoms with van der Waals surface area (Å²) in [6, 6.07) is 1.69. The summed E-state index contributed by atoms with van der Waals surface area (Å²) in [5.41, 5.74) is 0. The van der Waals surface area contributed by atoms with E-state index in [0.29, 0.717) is 0 Å². The van der Waals surface area contributed by atoms with Crippen LogP contribution in [-0.4, -0.2) is 16.1 Å².